The van der Waals surface area contributed by atoms with Crippen LogP contribution >= 0.6 is 15.9 Å². The molecular formula is C17H20BrNO2. The van der Waals surface area contributed by atoms with Crippen molar-refractivity contribution in [2.75, 3.05) is 6.61 Å². The monoisotopic (exact) mass is 349 g/mol. The van der Waals surface area contributed by atoms with Crippen LogP contribution in [0.1, 0.15) is 31.9 Å². The summed E-state index contributed by atoms with van der Waals surface area (Å²) in [6, 6.07) is 13.5. The molecular weight excluding hydrogens is 330 g/mol. The fourth-order valence-electron chi connectivity index (χ4n) is 1.87. The molecule has 2 aromatic rings. The van der Waals surface area contributed by atoms with Crippen LogP contribution in [0.3, 0.4) is 0 Å². The molecule has 112 valence electrons. The molecule has 0 saturated heterocycles. The lowest BCUT2D eigenvalue weighted by Gasteiger charge is -2.14. The molecule has 0 bridgehead atoms. The maximum Gasteiger partial charge on any atom is 0.169 e. The second kappa shape index (κ2) is 7.48. The fourth-order valence-corrected chi connectivity index (χ4v) is 2.34. The van der Waals surface area contributed by atoms with E-state index in [-0.39, 0.29) is 6.04 Å². The molecule has 0 radical (unpaired) electrons. The molecule has 0 spiro atoms. The molecule has 2 aromatic carbocycles. The van der Waals surface area contributed by atoms with Crippen molar-refractivity contribution in [3.63, 3.8) is 0 Å². The lowest BCUT2D eigenvalue weighted by atomic mass is 10.1. The minimum Gasteiger partial charge on any atom is -0.490 e. The predicted molar refractivity (Wildman–Crippen MR) is 89.0 cm³/mol. The van der Waals surface area contributed by atoms with Gasteiger partial charge in [0.1, 0.15) is 5.75 Å². The summed E-state index contributed by atoms with van der Waals surface area (Å²) in [6.45, 7) is 4.70. The van der Waals surface area contributed by atoms with E-state index in [2.05, 4.69) is 22.9 Å². The van der Waals surface area contributed by atoms with Gasteiger partial charge in [0.25, 0.3) is 0 Å². The average molecular weight is 350 g/mol. The predicted octanol–water partition coefficient (Wildman–Crippen LogP) is 5.05. The van der Waals surface area contributed by atoms with Gasteiger partial charge < -0.3 is 15.2 Å². The van der Waals surface area contributed by atoms with E-state index in [4.69, 9.17) is 15.2 Å². The van der Waals surface area contributed by atoms with Crippen LogP contribution < -0.4 is 15.2 Å². The van der Waals surface area contributed by atoms with Gasteiger partial charge in [-0.25, -0.2) is 0 Å². The summed E-state index contributed by atoms with van der Waals surface area (Å²) in [5.41, 5.74) is 6.94. The minimum absolute atomic E-state index is 0.00414. The third kappa shape index (κ3) is 4.22. The smallest absolute Gasteiger partial charge is 0.169 e. The van der Waals surface area contributed by atoms with Crippen LogP contribution in [0.2, 0.25) is 0 Å². The third-order valence-electron chi connectivity index (χ3n) is 3.01. The van der Waals surface area contributed by atoms with Crippen molar-refractivity contribution in [1.29, 1.82) is 0 Å². The van der Waals surface area contributed by atoms with Crippen molar-refractivity contribution in [3.05, 3.63) is 52.5 Å². The molecule has 21 heavy (non-hydrogen) atoms. The Morgan fingerprint density at radius 1 is 1.10 bits per heavy atom. The van der Waals surface area contributed by atoms with Gasteiger partial charge in [0.05, 0.1) is 11.1 Å². The average Bonchev–Trinajstić information content (AvgIpc) is 2.48. The summed E-state index contributed by atoms with van der Waals surface area (Å²) < 4.78 is 12.5. The zero-order valence-corrected chi connectivity index (χ0v) is 13.9. The Morgan fingerprint density at radius 2 is 1.81 bits per heavy atom. The van der Waals surface area contributed by atoms with Crippen LogP contribution in [0.5, 0.6) is 17.2 Å². The molecule has 3 nitrogen and oxygen atoms in total. The first-order valence-corrected chi connectivity index (χ1v) is 7.85. The largest absolute Gasteiger partial charge is 0.490 e. The van der Waals surface area contributed by atoms with E-state index in [9.17, 15) is 0 Å². The lowest BCUT2D eigenvalue weighted by molar-refractivity contribution is 0.302. The van der Waals surface area contributed by atoms with E-state index in [1.807, 2.05) is 49.4 Å². The minimum atomic E-state index is -0.00414. The Balaban J connectivity index is 2.22. The standard InChI is InChI=1S/C17H20BrNO2/c1-3-10-20-16-6-4-5-7-17(16)21-15-9-8-13(12(2)19)11-14(15)18/h4-9,11-12H,3,10,19H2,1-2H3/t12-/m0/s1. The first-order valence-electron chi connectivity index (χ1n) is 7.06. The summed E-state index contributed by atoms with van der Waals surface area (Å²) in [7, 11) is 0. The van der Waals surface area contributed by atoms with E-state index < -0.39 is 0 Å². The molecule has 0 unspecified atom stereocenters. The Bertz CT molecular complexity index is 599. The Labute approximate surface area is 134 Å². The Morgan fingerprint density at radius 3 is 2.43 bits per heavy atom. The Hall–Kier alpha value is -1.52. The molecule has 0 aliphatic rings. The summed E-state index contributed by atoms with van der Waals surface area (Å²) in [5, 5.41) is 0. The summed E-state index contributed by atoms with van der Waals surface area (Å²) in [6.07, 6.45) is 0.959. The van der Waals surface area contributed by atoms with Gasteiger partial charge in [-0.1, -0.05) is 25.1 Å². The highest BCUT2D eigenvalue weighted by Gasteiger charge is 2.09. The van der Waals surface area contributed by atoms with Crippen LogP contribution in [0.4, 0.5) is 0 Å². The maximum atomic E-state index is 5.96. The number of rotatable bonds is 6. The number of para-hydroxylation sites is 2. The van der Waals surface area contributed by atoms with Crippen LogP contribution in [-0.4, -0.2) is 6.61 Å². The third-order valence-corrected chi connectivity index (χ3v) is 3.63. The molecule has 0 heterocycles. The molecule has 0 saturated carbocycles. The number of hydrogen-bond acceptors (Lipinski definition) is 3. The second-order valence-electron chi connectivity index (χ2n) is 4.88. The van der Waals surface area contributed by atoms with E-state index in [1.54, 1.807) is 0 Å². The van der Waals surface area contributed by atoms with Crippen molar-refractivity contribution in [2.45, 2.75) is 26.3 Å². The number of hydrogen-bond donors (Lipinski definition) is 1. The van der Waals surface area contributed by atoms with Crippen molar-refractivity contribution in [2.24, 2.45) is 5.73 Å². The summed E-state index contributed by atoms with van der Waals surface area (Å²) in [5.74, 6) is 2.20. The highest BCUT2D eigenvalue weighted by Crippen LogP contribution is 2.36. The quantitative estimate of drug-likeness (QED) is 0.793. The van der Waals surface area contributed by atoms with Gasteiger partial charge in [0.15, 0.2) is 11.5 Å². The van der Waals surface area contributed by atoms with E-state index >= 15 is 0 Å². The fraction of sp³-hybridized carbons (Fsp3) is 0.294. The van der Waals surface area contributed by atoms with Crippen LogP contribution in [0.15, 0.2) is 46.9 Å². The summed E-state index contributed by atoms with van der Waals surface area (Å²) in [4.78, 5) is 0. The molecule has 0 aromatic heterocycles. The van der Waals surface area contributed by atoms with Gasteiger partial charge >= 0.3 is 0 Å². The van der Waals surface area contributed by atoms with Gasteiger partial charge in [-0.3, -0.25) is 0 Å². The SMILES string of the molecule is CCCOc1ccccc1Oc1ccc([C@H](C)N)cc1Br. The van der Waals surface area contributed by atoms with E-state index in [1.165, 1.54) is 0 Å². The molecule has 0 amide bonds. The van der Waals surface area contributed by atoms with E-state index in [0.717, 1.165) is 28.0 Å². The lowest BCUT2D eigenvalue weighted by Crippen LogP contribution is -2.04. The zero-order chi connectivity index (χ0) is 15.2. The van der Waals surface area contributed by atoms with Gasteiger partial charge in [-0.05, 0) is 59.1 Å². The molecule has 1 atom stereocenters. The highest BCUT2D eigenvalue weighted by molar-refractivity contribution is 9.10. The van der Waals surface area contributed by atoms with Gasteiger partial charge in [-0.2, -0.15) is 0 Å². The van der Waals surface area contributed by atoms with E-state index in [0.29, 0.717) is 12.4 Å². The zero-order valence-electron chi connectivity index (χ0n) is 12.3. The van der Waals surface area contributed by atoms with Gasteiger partial charge in [0, 0.05) is 6.04 Å². The molecule has 4 heteroatoms. The topological polar surface area (TPSA) is 44.5 Å². The van der Waals surface area contributed by atoms with Crippen molar-refractivity contribution in [3.8, 4) is 17.2 Å². The van der Waals surface area contributed by atoms with Gasteiger partial charge in [0.2, 0.25) is 0 Å². The number of ether oxygens (including phenoxy) is 2. The number of benzene rings is 2. The highest BCUT2D eigenvalue weighted by atomic mass is 79.9. The van der Waals surface area contributed by atoms with Crippen LogP contribution in [0.25, 0.3) is 0 Å². The molecule has 0 aliphatic heterocycles. The maximum absolute atomic E-state index is 5.96. The van der Waals surface area contributed by atoms with Gasteiger partial charge in [-0.15, -0.1) is 0 Å². The van der Waals surface area contributed by atoms with Crippen molar-refractivity contribution >= 4 is 15.9 Å². The summed E-state index contributed by atoms with van der Waals surface area (Å²) >= 11 is 3.53. The molecule has 2 N–H and O–H groups in total. The molecule has 2 rings (SSSR count). The van der Waals surface area contributed by atoms with Crippen LogP contribution in [0, 0.1) is 0 Å². The van der Waals surface area contributed by atoms with Crippen LogP contribution in [-0.2, 0) is 0 Å². The van der Waals surface area contributed by atoms with Crippen molar-refractivity contribution in [1.82, 2.24) is 0 Å². The molecule has 0 fully saturated rings. The molecule has 0 aliphatic carbocycles. The normalized spacial score (nSPS) is 12.0. The second-order valence-corrected chi connectivity index (χ2v) is 5.73. The first-order chi connectivity index (χ1) is 10.1. The Kier molecular flexibility index (Phi) is 5.65. The first kappa shape index (κ1) is 15.9. The number of halogens is 1. The van der Waals surface area contributed by atoms with Crippen molar-refractivity contribution < 1.29 is 9.47 Å². The number of nitrogens with two attached hydrogens (primary N) is 1.